The van der Waals surface area contributed by atoms with E-state index in [4.69, 9.17) is 8.83 Å². The van der Waals surface area contributed by atoms with Crippen molar-refractivity contribution in [2.75, 3.05) is 0 Å². The van der Waals surface area contributed by atoms with E-state index >= 15 is 0 Å². The molecule has 0 unspecified atom stereocenters. The Balaban J connectivity index is 1.45. The number of aromatic nitrogens is 2. The van der Waals surface area contributed by atoms with Crippen molar-refractivity contribution in [3.63, 3.8) is 0 Å². The second-order valence-electron chi connectivity index (χ2n) is 11.2. The molecule has 2 saturated carbocycles. The first-order valence-corrected chi connectivity index (χ1v) is 13.7. The first kappa shape index (κ1) is 28.0. The highest BCUT2D eigenvalue weighted by atomic mass is 19.4. The minimum atomic E-state index is -5.77. The fraction of sp³-hybridized carbons (Fsp3) is 0.517. The lowest BCUT2D eigenvalue weighted by atomic mass is 9.72. The summed E-state index contributed by atoms with van der Waals surface area (Å²) in [6.45, 7) is 0. The van der Waals surface area contributed by atoms with Crippen molar-refractivity contribution in [1.29, 1.82) is 0 Å². The van der Waals surface area contributed by atoms with Crippen LogP contribution in [0.2, 0.25) is 0 Å². The molecule has 6 nitrogen and oxygen atoms in total. The van der Waals surface area contributed by atoms with Crippen LogP contribution in [0.25, 0.3) is 22.2 Å². The maximum atomic E-state index is 14.9. The van der Waals surface area contributed by atoms with E-state index in [1.54, 1.807) is 0 Å². The van der Waals surface area contributed by atoms with Gasteiger partial charge in [0.1, 0.15) is 11.0 Å². The molecule has 4 aromatic rings. The first-order chi connectivity index (χ1) is 19.4. The van der Waals surface area contributed by atoms with E-state index in [9.17, 15) is 36.6 Å². The third-order valence-electron chi connectivity index (χ3n) is 8.62. The van der Waals surface area contributed by atoms with Crippen molar-refractivity contribution in [3.8, 4) is 0 Å². The zero-order valence-electron chi connectivity index (χ0n) is 21.8. The predicted molar refractivity (Wildman–Crippen MR) is 135 cm³/mol. The lowest BCUT2D eigenvalue weighted by Crippen LogP contribution is -2.54. The molecule has 2 aliphatic carbocycles. The van der Waals surface area contributed by atoms with Crippen LogP contribution in [-0.2, 0) is 5.41 Å². The van der Waals surface area contributed by atoms with Crippen LogP contribution in [0.1, 0.15) is 86.1 Å². The van der Waals surface area contributed by atoms with Crippen molar-refractivity contribution in [2.45, 2.75) is 93.2 Å². The van der Waals surface area contributed by atoms with Gasteiger partial charge < -0.3 is 19.0 Å². The summed E-state index contributed by atoms with van der Waals surface area (Å²) in [6, 6.07) is 5.35. The van der Waals surface area contributed by atoms with Crippen molar-refractivity contribution < 1.29 is 45.4 Å². The van der Waals surface area contributed by atoms with E-state index in [0.29, 0.717) is 51.4 Å². The number of nitrogens with zero attached hydrogens (tertiary/aromatic N) is 2. The number of hydrogen-bond donors (Lipinski definition) is 2. The molecule has 41 heavy (non-hydrogen) atoms. The van der Waals surface area contributed by atoms with Gasteiger partial charge in [-0.1, -0.05) is 12.1 Å². The Morgan fingerprint density at radius 2 is 0.951 bits per heavy atom. The van der Waals surface area contributed by atoms with Crippen molar-refractivity contribution in [1.82, 2.24) is 9.97 Å². The Kier molecular flexibility index (Phi) is 6.84. The third kappa shape index (κ3) is 4.78. The largest absolute Gasteiger partial charge is 0.440 e. The van der Waals surface area contributed by atoms with Gasteiger partial charge >= 0.3 is 12.4 Å². The number of oxazole rings is 2. The summed E-state index contributed by atoms with van der Waals surface area (Å²) in [4.78, 5) is 8.55. The van der Waals surface area contributed by atoms with Gasteiger partial charge in [-0.25, -0.2) is 9.97 Å². The average molecular weight is 583 g/mol. The summed E-state index contributed by atoms with van der Waals surface area (Å²) in [5, 5.41) is 19.5. The highest BCUT2D eigenvalue weighted by molar-refractivity contribution is 5.77. The summed E-state index contributed by atoms with van der Waals surface area (Å²) < 4.78 is 101. The van der Waals surface area contributed by atoms with E-state index in [2.05, 4.69) is 9.97 Å². The van der Waals surface area contributed by atoms with Gasteiger partial charge in [-0.05, 0) is 86.8 Å². The second-order valence-corrected chi connectivity index (χ2v) is 11.2. The number of halogens is 6. The van der Waals surface area contributed by atoms with E-state index in [-0.39, 0.29) is 45.8 Å². The number of alkyl halides is 6. The molecule has 2 aromatic heterocycles. The normalized spacial score (nSPS) is 24.8. The van der Waals surface area contributed by atoms with Crippen LogP contribution in [0, 0.1) is 0 Å². The zero-order valence-corrected chi connectivity index (χ0v) is 21.8. The molecule has 0 aliphatic heterocycles. The molecule has 0 amide bonds. The molecule has 0 spiro atoms. The molecule has 220 valence electrons. The number of benzene rings is 2. The minimum absolute atomic E-state index is 0.0855. The number of fused-ring (bicyclic) bond motifs is 2. The van der Waals surface area contributed by atoms with Crippen molar-refractivity contribution >= 4 is 22.2 Å². The van der Waals surface area contributed by atoms with Crippen molar-refractivity contribution in [3.05, 3.63) is 59.3 Å². The SMILES string of the molecule is OC1CCC(c2nc3cc(C(c4ccc5oc(C6CCC(O)CC6)nc5c4)(C(F)(F)F)C(F)(F)F)ccc3o2)CC1. The molecular weight excluding hydrogens is 554 g/mol. The van der Waals surface area contributed by atoms with Gasteiger partial charge in [-0.15, -0.1) is 0 Å². The summed E-state index contributed by atoms with van der Waals surface area (Å²) in [5.41, 5.74) is -6.48. The van der Waals surface area contributed by atoms with Gasteiger partial charge in [0.05, 0.1) is 12.2 Å². The number of aliphatic hydroxyl groups excluding tert-OH is 2. The minimum Gasteiger partial charge on any atom is -0.440 e. The van der Waals surface area contributed by atoms with Gasteiger partial charge in [-0.3, -0.25) is 0 Å². The molecule has 2 heterocycles. The van der Waals surface area contributed by atoms with Crippen LogP contribution < -0.4 is 0 Å². The standard InChI is InChI=1S/C29H28F6N2O4/c30-28(31,32)27(29(33,34)35,17-5-11-23-21(13-17)36-25(40-23)15-1-7-19(38)8-2-15)18-6-12-24-22(14-18)37-26(41-24)16-3-9-20(39)10-4-16/h5-6,11-16,19-20,38-39H,1-4,7-10H2. The van der Waals surface area contributed by atoms with E-state index in [1.807, 2.05) is 0 Å². The Morgan fingerprint density at radius 3 is 1.29 bits per heavy atom. The molecule has 2 fully saturated rings. The number of rotatable bonds is 4. The average Bonchev–Trinajstić information content (AvgIpc) is 3.52. The van der Waals surface area contributed by atoms with Crippen LogP contribution in [-0.4, -0.2) is 44.7 Å². The van der Waals surface area contributed by atoms with Crippen LogP contribution in [0.3, 0.4) is 0 Å². The molecule has 0 atom stereocenters. The second kappa shape index (κ2) is 10.0. The topological polar surface area (TPSA) is 92.5 Å². The smallest absolute Gasteiger partial charge is 0.411 e. The summed E-state index contributed by atoms with van der Waals surface area (Å²) in [6.07, 6.45) is -8.20. The fourth-order valence-electron chi connectivity index (χ4n) is 6.33. The van der Waals surface area contributed by atoms with Crippen molar-refractivity contribution in [2.24, 2.45) is 0 Å². The van der Waals surface area contributed by atoms with Gasteiger partial charge in [0.2, 0.25) is 5.41 Å². The summed E-state index contributed by atoms with van der Waals surface area (Å²) >= 11 is 0. The lowest BCUT2D eigenvalue weighted by Gasteiger charge is -2.38. The van der Waals surface area contributed by atoms with E-state index < -0.39 is 41.1 Å². The molecular formula is C29H28F6N2O4. The molecule has 6 rings (SSSR count). The van der Waals surface area contributed by atoms with Crippen LogP contribution in [0.15, 0.2) is 45.2 Å². The maximum absolute atomic E-state index is 14.9. The molecule has 2 aromatic carbocycles. The predicted octanol–water partition coefficient (Wildman–Crippen LogP) is 7.42. The Morgan fingerprint density at radius 1 is 0.585 bits per heavy atom. The number of aliphatic hydroxyl groups is 2. The van der Waals surface area contributed by atoms with E-state index in [0.717, 1.165) is 36.4 Å². The zero-order chi connectivity index (χ0) is 29.2. The third-order valence-corrected chi connectivity index (χ3v) is 8.62. The molecule has 2 aliphatic rings. The molecule has 0 saturated heterocycles. The number of hydrogen-bond acceptors (Lipinski definition) is 6. The highest BCUT2D eigenvalue weighted by Crippen LogP contribution is 2.57. The van der Waals surface area contributed by atoms with Crippen LogP contribution in [0.4, 0.5) is 26.3 Å². The quantitative estimate of drug-likeness (QED) is 0.244. The van der Waals surface area contributed by atoms with Crippen LogP contribution >= 0.6 is 0 Å². The maximum Gasteiger partial charge on any atom is 0.411 e. The monoisotopic (exact) mass is 582 g/mol. The molecule has 2 N–H and O–H groups in total. The van der Waals surface area contributed by atoms with Gasteiger partial charge in [0.15, 0.2) is 22.9 Å². The molecule has 0 radical (unpaired) electrons. The first-order valence-electron chi connectivity index (χ1n) is 13.7. The van der Waals surface area contributed by atoms with Gasteiger partial charge in [0, 0.05) is 11.8 Å². The lowest BCUT2D eigenvalue weighted by molar-refractivity contribution is -0.288. The van der Waals surface area contributed by atoms with Gasteiger partial charge in [0.25, 0.3) is 0 Å². The Labute approximate surface area is 230 Å². The van der Waals surface area contributed by atoms with Gasteiger partial charge in [-0.2, -0.15) is 26.3 Å². The molecule has 0 bridgehead atoms. The summed E-state index contributed by atoms with van der Waals surface area (Å²) in [7, 11) is 0. The fourth-order valence-corrected chi connectivity index (χ4v) is 6.33. The Hall–Kier alpha value is -3.12. The van der Waals surface area contributed by atoms with E-state index in [1.165, 1.54) is 0 Å². The highest BCUT2D eigenvalue weighted by Gasteiger charge is 2.72. The molecule has 12 heteroatoms. The Bertz CT molecular complexity index is 1430. The summed E-state index contributed by atoms with van der Waals surface area (Å²) in [5.74, 6) is 0.113. The van der Waals surface area contributed by atoms with Crippen LogP contribution in [0.5, 0.6) is 0 Å².